The monoisotopic (exact) mass is 430 g/mol. The largest absolute Gasteiger partial charge is 0.352 e. The molecule has 29 heavy (non-hydrogen) atoms. The van der Waals surface area contributed by atoms with E-state index in [0.717, 1.165) is 11.1 Å². The lowest BCUT2D eigenvalue weighted by Gasteiger charge is -2.09. The molecule has 0 aliphatic rings. The van der Waals surface area contributed by atoms with Crippen LogP contribution in [0.5, 0.6) is 0 Å². The van der Waals surface area contributed by atoms with Crippen molar-refractivity contribution in [3.8, 4) is 0 Å². The van der Waals surface area contributed by atoms with E-state index < -0.39 is 5.69 Å². The molecule has 4 aromatic rings. The molecular formula is C20H19ClN4O3S. The Morgan fingerprint density at radius 2 is 1.97 bits per heavy atom. The maximum absolute atomic E-state index is 13.1. The van der Waals surface area contributed by atoms with Gasteiger partial charge in [0.25, 0.3) is 5.56 Å². The Balaban J connectivity index is 1.87. The van der Waals surface area contributed by atoms with E-state index >= 15 is 0 Å². The van der Waals surface area contributed by atoms with Gasteiger partial charge in [-0.3, -0.25) is 14.2 Å². The van der Waals surface area contributed by atoms with Crippen molar-refractivity contribution >= 4 is 44.7 Å². The van der Waals surface area contributed by atoms with Gasteiger partial charge in [-0.25, -0.2) is 13.9 Å². The number of carbonyl (C=O) groups is 1. The first-order valence-corrected chi connectivity index (χ1v) is 10.5. The molecule has 7 nitrogen and oxygen atoms in total. The van der Waals surface area contributed by atoms with Crippen molar-refractivity contribution in [2.24, 2.45) is 5.92 Å². The Morgan fingerprint density at radius 1 is 1.21 bits per heavy atom. The average molecular weight is 431 g/mol. The Hall–Kier alpha value is -2.71. The lowest BCUT2D eigenvalue weighted by Crippen LogP contribution is -2.27. The fraction of sp³-hybridized carbons (Fsp3) is 0.300. The van der Waals surface area contributed by atoms with Crippen LogP contribution in [0.1, 0.15) is 30.6 Å². The van der Waals surface area contributed by atoms with Crippen LogP contribution in [0.3, 0.4) is 0 Å². The van der Waals surface area contributed by atoms with Crippen molar-refractivity contribution in [2.45, 2.75) is 33.4 Å². The minimum atomic E-state index is -0.456. The molecule has 0 radical (unpaired) electrons. The molecule has 0 fully saturated rings. The van der Waals surface area contributed by atoms with Crippen LogP contribution in [-0.4, -0.2) is 24.5 Å². The summed E-state index contributed by atoms with van der Waals surface area (Å²) in [6.45, 7) is 4.33. The predicted molar refractivity (Wildman–Crippen MR) is 114 cm³/mol. The van der Waals surface area contributed by atoms with E-state index in [4.69, 9.17) is 11.6 Å². The summed E-state index contributed by atoms with van der Waals surface area (Å²) in [5, 5.41) is 6.44. The minimum absolute atomic E-state index is 0.169. The lowest BCUT2D eigenvalue weighted by molar-refractivity contribution is 0.0966. The maximum Gasteiger partial charge on any atom is 0.352 e. The van der Waals surface area contributed by atoms with Gasteiger partial charge < -0.3 is 0 Å². The van der Waals surface area contributed by atoms with Gasteiger partial charge in [0.2, 0.25) is 5.78 Å². The van der Waals surface area contributed by atoms with Crippen LogP contribution < -0.4 is 11.2 Å². The number of rotatable bonds is 6. The number of Topliss-reactive ketones (excluding diaryl/α,β-unsaturated/α-hetero) is 1. The third kappa shape index (κ3) is 3.42. The zero-order chi connectivity index (χ0) is 20.7. The number of fused-ring (bicyclic) bond motifs is 3. The van der Waals surface area contributed by atoms with Crippen LogP contribution in [-0.2, 0) is 13.1 Å². The van der Waals surface area contributed by atoms with Gasteiger partial charge in [-0.15, -0.1) is 16.4 Å². The van der Waals surface area contributed by atoms with Crippen molar-refractivity contribution in [3.05, 3.63) is 67.1 Å². The van der Waals surface area contributed by atoms with Crippen molar-refractivity contribution < 1.29 is 4.79 Å². The molecule has 0 amide bonds. The second-order valence-corrected chi connectivity index (χ2v) is 8.58. The summed E-state index contributed by atoms with van der Waals surface area (Å²) >= 11 is 7.40. The van der Waals surface area contributed by atoms with Crippen molar-refractivity contribution in [1.82, 2.24) is 18.7 Å². The number of thiophene rings is 1. The molecule has 0 spiro atoms. The highest BCUT2D eigenvalue weighted by Crippen LogP contribution is 2.19. The molecule has 0 bridgehead atoms. The number of aryl methyl sites for hydroxylation is 1. The number of ketones is 1. The molecule has 0 aliphatic carbocycles. The molecule has 0 saturated carbocycles. The summed E-state index contributed by atoms with van der Waals surface area (Å²) in [6, 6.07) is 8.41. The highest BCUT2D eigenvalue weighted by molar-refractivity contribution is 7.17. The third-order valence-corrected chi connectivity index (χ3v) is 6.01. The Labute approximate surface area is 174 Å². The van der Waals surface area contributed by atoms with Gasteiger partial charge in [-0.2, -0.15) is 0 Å². The van der Waals surface area contributed by atoms with E-state index in [2.05, 4.69) is 18.9 Å². The molecule has 3 aromatic heterocycles. The molecule has 0 aliphatic heterocycles. The maximum atomic E-state index is 13.1. The number of halogens is 1. The van der Waals surface area contributed by atoms with E-state index in [1.54, 1.807) is 35.7 Å². The summed E-state index contributed by atoms with van der Waals surface area (Å²) in [6.07, 6.45) is 0.770. The fourth-order valence-electron chi connectivity index (χ4n) is 3.23. The van der Waals surface area contributed by atoms with Crippen LogP contribution in [0.15, 0.2) is 45.3 Å². The number of hydrogen-bond acceptors (Lipinski definition) is 5. The van der Waals surface area contributed by atoms with Gasteiger partial charge in [-0.05, 0) is 35.9 Å². The van der Waals surface area contributed by atoms with Crippen LogP contribution in [0.2, 0.25) is 5.02 Å². The standard InChI is InChI=1S/C20H19ClN4O3S/c1-12(2)7-9-23-18(27)17-15(8-10-29-17)25-19(23)22-24(20(25)28)11-16(26)13-5-3-4-6-14(13)21/h3-6,8,10,12H,7,9,11H2,1-2H3. The van der Waals surface area contributed by atoms with Crippen molar-refractivity contribution in [2.75, 3.05) is 0 Å². The molecule has 0 saturated heterocycles. The molecule has 0 atom stereocenters. The van der Waals surface area contributed by atoms with E-state index in [-0.39, 0.29) is 23.7 Å². The van der Waals surface area contributed by atoms with E-state index in [0.29, 0.717) is 33.3 Å². The molecule has 0 N–H and O–H groups in total. The number of nitrogens with zero attached hydrogens (tertiary/aromatic N) is 4. The molecule has 150 valence electrons. The summed E-state index contributed by atoms with van der Waals surface area (Å²) in [5.41, 5.74) is 0.216. The van der Waals surface area contributed by atoms with Crippen LogP contribution >= 0.6 is 22.9 Å². The summed E-state index contributed by atoms with van der Waals surface area (Å²) in [5.74, 6) is 0.314. The normalized spacial score (nSPS) is 11.7. The highest BCUT2D eigenvalue weighted by Gasteiger charge is 2.20. The van der Waals surface area contributed by atoms with Crippen LogP contribution in [0, 0.1) is 5.92 Å². The van der Waals surface area contributed by atoms with E-state index in [1.165, 1.54) is 20.3 Å². The van der Waals surface area contributed by atoms with Crippen molar-refractivity contribution in [1.29, 1.82) is 0 Å². The Bertz CT molecular complexity index is 1350. The zero-order valence-corrected chi connectivity index (χ0v) is 17.5. The van der Waals surface area contributed by atoms with Gasteiger partial charge in [0.05, 0.1) is 10.5 Å². The first-order valence-electron chi connectivity index (χ1n) is 9.25. The average Bonchev–Trinajstić information content (AvgIpc) is 3.27. The van der Waals surface area contributed by atoms with Crippen LogP contribution in [0.25, 0.3) is 16.0 Å². The van der Waals surface area contributed by atoms with E-state index in [1.807, 2.05) is 0 Å². The number of hydrogen-bond donors (Lipinski definition) is 0. The summed E-state index contributed by atoms with van der Waals surface area (Å²) < 4.78 is 4.54. The second kappa shape index (κ2) is 7.61. The van der Waals surface area contributed by atoms with Gasteiger partial charge >= 0.3 is 5.69 Å². The zero-order valence-electron chi connectivity index (χ0n) is 16.0. The van der Waals surface area contributed by atoms with Crippen molar-refractivity contribution in [3.63, 3.8) is 0 Å². The van der Waals surface area contributed by atoms with Gasteiger partial charge in [-0.1, -0.05) is 37.6 Å². The lowest BCUT2D eigenvalue weighted by atomic mass is 10.1. The first-order chi connectivity index (χ1) is 13.9. The van der Waals surface area contributed by atoms with Gasteiger partial charge in [0.15, 0.2) is 5.78 Å². The van der Waals surface area contributed by atoms with Gasteiger partial charge in [0.1, 0.15) is 11.2 Å². The summed E-state index contributed by atoms with van der Waals surface area (Å²) in [4.78, 5) is 38.7. The van der Waals surface area contributed by atoms with Gasteiger partial charge in [0, 0.05) is 12.1 Å². The Morgan fingerprint density at radius 3 is 2.69 bits per heavy atom. The number of benzene rings is 1. The highest BCUT2D eigenvalue weighted by atomic mass is 35.5. The number of carbonyl (C=O) groups excluding carboxylic acids is 1. The predicted octanol–water partition coefficient (Wildman–Crippen LogP) is 3.45. The molecular weight excluding hydrogens is 412 g/mol. The van der Waals surface area contributed by atoms with Crippen LogP contribution in [0.4, 0.5) is 0 Å². The minimum Gasteiger partial charge on any atom is -0.292 e. The molecule has 0 unspecified atom stereocenters. The SMILES string of the molecule is CC(C)CCn1c(=O)c2sccc2n2c(=O)n(CC(=O)c3ccccc3Cl)nc12. The fourth-order valence-corrected chi connectivity index (χ4v) is 4.30. The quantitative estimate of drug-likeness (QED) is 0.439. The molecule has 1 aromatic carbocycles. The molecule has 3 heterocycles. The Kier molecular flexibility index (Phi) is 5.14. The first kappa shape index (κ1) is 19.6. The third-order valence-electron chi connectivity index (χ3n) is 4.79. The molecule has 9 heteroatoms. The number of aromatic nitrogens is 4. The van der Waals surface area contributed by atoms with E-state index in [9.17, 15) is 14.4 Å². The second-order valence-electron chi connectivity index (χ2n) is 7.25. The molecule has 4 rings (SSSR count). The topological polar surface area (TPSA) is 78.4 Å². The smallest absolute Gasteiger partial charge is 0.292 e. The summed E-state index contributed by atoms with van der Waals surface area (Å²) in [7, 11) is 0.